The molecule has 7 aliphatic rings. The highest BCUT2D eigenvalue weighted by Crippen LogP contribution is 2.53. The molecule has 17 nitrogen and oxygen atoms in total. The van der Waals surface area contributed by atoms with Gasteiger partial charge in [0, 0.05) is 24.2 Å². The average molecular weight is 766 g/mol. The monoisotopic (exact) mass is 765 g/mol. The van der Waals surface area contributed by atoms with E-state index >= 15 is 0 Å². The Kier molecular flexibility index (Phi) is 12.5. The first-order chi connectivity index (χ1) is 25.2. The van der Waals surface area contributed by atoms with Crippen molar-refractivity contribution in [1.29, 1.82) is 0 Å². The van der Waals surface area contributed by atoms with Crippen LogP contribution in [-0.2, 0) is 14.2 Å². The first-order valence-electron chi connectivity index (χ1n) is 19.6. The van der Waals surface area contributed by atoms with Crippen molar-refractivity contribution in [3.05, 3.63) is 0 Å². The maximum Gasteiger partial charge on any atom is 0.187 e. The highest BCUT2D eigenvalue weighted by atomic mass is 16.7. The molecular formula is C36H61O17+. The van der Waals surface area contributed by atoms with Crippen LogP contribution in [0.15, 0.2) is 0 Å². The zero-order chi connectivity index (χ0) is 38.0. The molecule has 3 heterocycles. The average Bonchev–Trinajstić information content (AvgIpc) is 3.11. The minimum Gasteiger partial charge on any atom is -0.426 e. The second-order valence-electron chi connectivity index (χ2n) is 17.2. The van der Waals surface area contributed by atoms with Gasteiger partial charge in [0.25, 0.3) is 0 Å². The highest BCUT2D eigenvalue weighted by Gasteiger charge is 2.64. The molecule has 4 aliphatic carbocycles. The van der Waals surface area contributed by atoms with Crippen LogP contribution < -0.4 is 0 Å². The summed E-state index contributed by atoms with van der Waals surface area (Å²) in [6, 6.07) is 0. The van der Waals surface area contributed by atoms with Crippen LogP contribution in [0.3, 0.4) is 0 Å². The van der Waals surface area contributed by atoms with Crippen LogP contribution in [0.2, 0.25) is 0 Å². The Bertz CT molecular complexity index is 1210. The van der Waals surface area contributed by atoms with Gasteiger partial charge < -0.3 is 85.3 Å². The van der Waals surface area contributed by atoms with Gasteiger partial charge in [0.2, 0.25) is 0 Å². The Balaban J connectivity index is 1.22. The molecule has 0 spiro atoms. The normalized spacial score (nSPS) is 58.0. The molecule has 0 aromatic rings. The van der Waals surface area contributed by atoms with E-state index in [-0.39, 0.29) is 56.8 Å². The van der Waals surface area contributed by atoms with Gasteiger partial charge in [-0.15, -0.1) is 0 Å². The lowest BCUT2D eigenvalue weighted by Gasteiger charge is -2.58. The Labute approximate surface area is 307 Å². The Morgan fingerprint density at radius 2 is 1.15 bits per heavy atom. The number of aliphatic hydroxyl groups excluding tert-OH is 13. The van der Waals surface area contributed by atoms with Crippen molar-refractivity contribution in [1.82, 2.24) is 0 Å². The third-order valence-corrected chi connectivity index (χ3v) is 14.1. The van der Waals surface area contributed by atoms with E-state index in [0.29, 0.717) is 19.3 Å². The summed E-state index contributed by atoms with van der Waals surface area (Å²) in [5.74, 6) is -3.79. The van der Waals surface area contributed by atoms with Gasteiger partial charge in [-0.05, 0) is 63.7 Å². The zero-order valence-electron chi connectivity index (χ0n) is 29.7. The van der Waals surface area contributed by atoms with Crippen LogP contribution in [-0.4, -0.2) is 194 Å². The predicted molar refractivity (Wildman–Crippen MR) is 178 cm³/mol. The van der Waals surface area contributed by atoms with Gasteiger partial charge in [0.1, 0.15) is 30.5 Å². The Morgan fingerprint density at radius 1 is 0.509 bits per heavy atom. The molecule has 0 bridgehead atoms. The molecule has 14 N–H and O–H groups in total. The molecule has 53 heavy (non-hydrogen) atoms. The number of ether oxygens (including phenoxy) is 4. The standard InChI is InChI=1S/C36H60O17/c37-11-25-29(46)31(48)32(49)36(52-25)51-24-9-15-18(41)10-22(45)27(35(15)53-33(24)12-1-3-16(39)19(42)5-12)28-26-21(44)7-14(38)8-23(26)50-34(30(28)47)13-2-4-17(40)20(43)6-13/h12-49H,1-11H2/p+1/t12?,13?,14?,15?,16?,17?,18?,19?,20?,21?,22?,23?,24?,25-,26?,27?,28+,29-,30+,31+,32-,33?,34-,35?,36-/m1/s1. The number of rotatable bonds is 6. The summed E-state index contributed by atoms with van der Waals surface area (Å²) >= 11 is 0. The van der Waals surface area contributed by atoms with Crippen molar-refractivity contribution in [2.24, 2.45) is 35.5 Å². The number of fused-ring (bicyclic) bond motifs is 2. The molecule has 306 valence electrons. The molecule has 3 aliphatic heterocycles. The molecule has 25 atom stereocenters. The van der Waals surface area contributed by atoms with E-state index in [4.69, 9.17) is 18.9 Å². The van der Waals surface area contributed by atoms with Crippen molar-refractivity contribution in [3.63, 3.8) is 0 Å². The SMILES string of the molecule is OC[C@H]1O[C@@H](OC2CC3C(O)CC(O)C([C@@H]4C5C(O)CC(O)CC5O[C@H](C5CCC(O)C(O)C5)[C@H]4O)C3[OH+]C2C2CCC(O)C(O)C2)[C@H](O)[C@@H](O)[C@@H]1O. The first-order valence-corrected chi connectivity index (χ1v) is 19.6. The molecule has 7 fully saturated rings. The molecule has 17 unspecified atom stereocenters. The lowest BCUT2D eigenvalue weighted by atomic mass is 9.57. The Hall–Kier alpha value is -0.680. The van der Waals surface area contributed by atoms with Crippen molar-refractivity contribution in [3.8, 4) is 0 Å². The van der Waals surface area contributed by atoms with E-state index in [9.17, 15) is 66.4 Å². The fourth-order valence-corrected chi connectivity index (χ4v) is 11.3. The van der Waals surface area contributed by atoms with Crippen LogP contribution in [0.25, 0.3) is 0 Å². The predicted octanol–water partition coefficient (Wildman–Crippen LogP) is -4.88. The lowest BCUT2D eigenvalue weighted by molar-refractivity contribution is -0.370. The van der Waals surface area contributed by atoms with Crippen LogP contribution in [0.4, 0.5) is 0 Å². The maximum absolute atomic E-state index is 12.3. The zero-order valence-corrected chi connectivity index (χ0v) is 29.7. The minimum absolute atomic E-state index is 0.0311. The van der Waals surface area contributed by atoms with Crippen LogP contribution in [0.1, 0.15) is 64.2 Å². The molecule has 0 amide bonds. The van der Waals surface area contributed by atoms with Crippen molar-refractivity contribution in [2.75, 3.05) is 6.61 Å². The molecule has 7 rings (SSSR count). The number of hydrogen-bond donors (Lipinski definition) is 13. The molecular weight excluding hydrogens is 704 g/mol. The second kappa shape index (κ2) is 16.3. The first kappa shape index (κ1) is 40.5. The van der Waals surface area contributed by atoms with Gasteiger partial charge in [0.05, 0.1) is 85.6 Å². The fraction of sp³-hybridized carbons (Fsp3) is 1.00. The second-order valence-corrected chi connectivity index (χ2v) is 17.2. The van der Waals surface area contributed by atoms with E-state index in [1.165, 1.54) is 0 Å². The minimum atomic E-state index is -1.70. The van der Waals surface area contributed by atoms with Gasteiger partial charge in [-0.2, -0.15) is 0 Å². The third kappa shape index (κ3) is 7.70. The van der Waals surface area contributed by atoms with Crippen molar-refractivity contribution < 1.29 is 85.3 Å². The van der Waals surface area contributed by atoms with E-state index in [1.54, 1.807) is 0 Å². The molecule has 0 aromatic heterocycles. The van der Waals surface area contributed by atoms with Gasteiger partial charge in [0.15, 0.2) is 18.5 Å². The van der Waals surface area contributed by atoms with Crippen LogP contribution in [0.5, 0.6) is 0 Å². The van der Waals surface area contributed by atoms with Crippen molar-refractivity contribution >= 4 is 0 Å². The number of aliphatic hydroxyl groups is 15. The van der Waals surface area contributed by atoms with E-state index in [2.05, 4.69) is 0 Å². The Morgan fingerprint density at radius 3 is 1.81 bits per heavy atom. The number of hydrogen-bond acceptors (Lipinski definition) is 16. The summed E-state index contributed by atoms with van der Waals surface area (Å²) in [5.41, 5.74) is 0. The summed E-state index contributed by atoms with van der Waals surface area (Å²) in [6.45, 7) is -0.668. The highest BCUT2D eigenvalue weighted by molar-refractivity contribution is 5.09. The summed E-state index contributed by atoms with van der Waals surface area (Å²) in [4.78, 5) is 0. The topological polar surface area (TPSA) is 303 Å². The van der Waals surface area contributed by atoms with E-state index in [1.807, 2.05) is 0 Å². The van der Waals surface area contributed by atoms with Crippen LogP contribution in [0, 0.1) is 35.5 Å². The molecule has 17 heteroatoms. The lowest BCUT2D eigenvalue weighted by Crippen LogP contribution is -2.69. The van der Waals surface area contributed by atoms with Gasteiger partial charge in [-0.1, -0.05) is 0 Å². The smallest absolute Gasteiger partial charge is 0.187 e. The largest absolute Gasteiger partial charge is 0.426 e. The van der Waals surface area contributed by atoms with E-state index in [0.717, 1.165) is 0 Å². The fourth-order valence-electron chi connectivity index (χ4n) is 11.3. The summed E-state index contributed by atoms with van der Waals surface area (Å²) in [7, 11) is 0. The quantitative estimate of drug-likeness (QED) is 0.113. The summed E-state index contributed by atoms with van der Waals surface area (Å²) in [6.07, 6.45) is -19.3. The summed E-state index contributed by atoms with van der Waals surface area (Å²) in [5, 5.41) is 141. The molecule has 0 aromatic carbocycles. The maximum atomic E-state index is 12.3. The molecule has 4 saturated carbocycles. The molecule has 3 saturated heterocycles. The van der Waals surface area contributed by atoms with Crippen LogP contribution >= 0.6 is 0 Å². The molecule has 0 radical (unpaired) electrons. The van der Waals surface area contributed by atoms with Gasteiger partial charge in [-0.25, -0.2) is 0 Å². The van der Waals surface area contributed by atoms with Gasteiger partial charge in [-0.3, -0.25) is 0 Å². The summed E-state index contributed by atoms with van der Waals surface area (Å²) < 4.78 is 23.8. The van der Waals surface area contributed by atoms with E-state index < -0.39 is 146 Å². The third-order valence-electron chi connectivity index (χ3n) is 14.1. The van der Waals surface area contributed by atoms with Gasteiger partial charge >= 0.3 is 0 Å². The van der Waals surface area contributed by atoms with Crippen molar-refractivity contribution in [2.45, 2.75) is 180 Å².